The Bertz CT molecular complexity index is 333. The van der Waals surface area contributed by atoms with Crippen molar-refractivity contribution < 1.29 is 0 Å². The van der Waals surface area contributed by atoms with Crippen LogP contribution < -0.4 is 10.6 Å². The Morgan fingerprint density at radius 1 is 1.64 bits per heavy atom. The Balaban J connectivity index is 1.73. The van der Waals surface area contributed by atoms with Crippen molar-refractivity contribution in [1.29, 1.82) is 0 Å². The van der Waals surface area contributed by atoms with Crippen LogP contribution in [0.15, 0.2) is 15.2 Å². The van der Waals surface area contributed by atoms with Crippen molar-refractivity contribution in [3.63, 3.8) is 0 Å². The van der Waals surface area contributed by atoms with Crippen molar-refractivity contribution in [2.75, 3.05) is 0 Å². The predicted molar refractivity (Wildman–Crippen MR) is 67.6 cm³/mol. The molecule has 1 saturated carbocycles. The molecule has 0 aromatic carbocycles. The normalized spacial score (nSPS) is 15.2. The van der Waals surface area contributed by atoms with Gasteiger partial charge < -0.3 is 10.6 Å². The van der Waals surface area contributed by atoms with Gasteiger partial charge in [-0.1, -0.05) is 0 Å². The molecule has 76 valence electrons. The van der Waals surface area contributed by atoms with Gasteiger partial charge in [0.1, 0.15) is 0 Å². The Morgan fingerprint density at radius 2 is 2.43 bits per heavy atom. The fourth-order valence-electron chi connectivity index (χ4n) is 1.08. The molecule has 1 aromatic rings. The first kappa shape index (κ1) is 10.4. The van der Waals surface area contributed by atoms with E-state index < -0.39 is 0 Å². The van der Waals surface area contributed by atoms with Gasteiger partial charge in [0.05, 0.1) is 3.79 Å². The van der Waals surface area contributed by atoms with Crippen LogP contribution in [0, 0.1) is 0 Å². The third kappa shape index (κ3) is 3.22. The summed E-state index contributed by atoms with van der Waals surface area (Å²) in [6.45, 7) is 0.806. The molecular formula is C9H11BrN2S2. The van der Waals surface area contributed by atoms with E-state index in [1.807, 2.05) is 0 Å². The standard InChI is InChI=1S/C9H11BrN2S2/c10-8-3-6(5-14-8)4-11-9(13)12-7-1-2-7/h3,5,7H,1-2,4H2,(H2,11,12,13). The predicted octanol–water partition coefficient (Wildman–Crippen LogP) is 2.64. The van der Waals surface area contributed by atoms with E-state index in [4.69, 9.17) is 12.2 Å². The van der Waals surface area contributed by atoms with Crippen molar-refractivity contribution >= 4 is 44.6 Å². The highest BCUT2D eigenvalue weighted by Crippen LogP contribution is 2.20. The molecule has 1 aromatic heterocycles. The van der Waals surface area contributed by atoms with E-state index in [2.05, 4.69) is 38.0 Å². The van der Waals surface area contributed by atoms with E-state index >= 15 is 0 Å². The van der Waals surface area contributed by atoms with Gasteiger partial charge in [0.15, 0.2) is 5.11 Å². The summed E-state index contributed by atoms with van der Waals surface area (Å²) >= 11 is 10.3. The van der Waals surface area contributed by atoms with E-state index in [0.717, 1.165) is 15.4 Å². The van der Waals surface area contributed by atoms with Crippen molar-refractivity contribution in [2.24, 2.45) is 0 Å². The van der Waals surface area contributed by atoms with Crippen LogP contribution in [-0.4, -0.2) is 11.2 Å². The summed E-state index contributed by atoms with van der Waals surface area (Å²) in [7, 11) is 0. The van der Waals surface area contributed by atoms with Gasteiger partial charge in [0.2, 0.25) is 0 Å². The largest absolute Gasteiger partial charge is 0.360 e. The number of nitrogens with one attached hydrogen (secondary N) is 2. The van der Waals surface area contributed by atoms with Crippen LogP contribution >= 0.6 is 39.5 Å². The van der Waals surface area contributed by atoms with Crippen LogP contribution in [0.25, 0.3) is 0 Å². The summed E-state index contributed by atoms with van der Waals surface area (Å²) in [5.74, 6) is 0. The zero-order valence-electron chi connectivity index (χ0n) is 7.55. The van der Waals surface area contributed by atoms with Crippen LogP contribution in [0.2, 0.25) is 0 Å². The van der Waals surface area contributed by atoms with E-state index in [9.17, 15) is 0 Å². The molecule has 0 amide bonds. The first-order chi connectivity index (χ1) is 6.74. The smallest absolute Gasteiger partial charge is 0.166 e. The molecular weight excluding hydrogens is 280 g/mol. The molecule has 14 heavy (non-hydrogen) atoms. The van der Waals surface area contributed by atoms with E-state index in [1.165, 1.54) is 18.4 Å². The maximum absolute atomic E-state index is 5.15. The minimum atomic E-state index is 0.629. The van der Waals surface area contributed by atoms with Crippen LogP contribution in [0.1, 0.15) is 18.4 Å². The number of rotatable bonds is 3. The Kier molecular flexibility index (Phi) is 3.41. The molecule has 2 N–H and O–H groups in total. The first-order valence-corrected chi connectivity index (χ1v) is 6.59. The topological polar surface area (TPSA) is 24.1 Å². The lowest BCUT2D eigenvalue weighted by Gasteiger charge is -2.07. The summed E-state index contributed by atoms with van der Waals surface area (Å²) in [5, 5.41) is 9.33. The molecule has 0 saturated heterocycles. The second kappa shape index (κ2) is 4.59. The number of hydrogen-bond donors (Lipinski definition) is 2. The molecule has 2 nitrogen and oxygen atoms in total. The average Bonchev–Trinajstić information content (AvgIpc) is 2.85. The maximum atomic E-state index is 5.15. The Labute approximate surface area is 101 Å². The van der Waals surface area contributed by atoms with Crippen molar-refractivity contribution in [1.82, 2.24) is 10.6 Å². The second-order valence-electron chi connectivity index (χ2n) is 3.36. The molecule has 1 heterocycles. The molecule has 0 unspecified atom stereocenters. The van der Waals surface area contributed by atoms with Gasteiger partial charge in [-0.15, -0.1) is 11.3 Å². The molecule has 1 aliphatic carbocycles. The number of thiophene rings is 1. The molecule has 0 radical (unpaired) electrons. The lowest BCUT2D eigenvalue weighted by molar-refractivity contribution is 0.831. The van der Waals surface area contributed by atoms with E-state index in [1.54, 1.807) is 11.3 Å². The summed E-state index contributed by atoms with van der Waals surface area (Å²) in [6.07, 6.45) is 2.51. The molecule has 5 heteroatoms. The molecule has 1 aliphatic rings. The van der Waals surface area contributed by atoms with Gasteiger partial charge >= 0.3 is 0 Å². The van der Waals surface area contributed by atoms with E-state index in [0.29, 0.717) is 6.04 Å². The van der Waals surface area contributed by atoms with Crippen molar-refractivity contribution in [2.45, 2.75) is 25.4 Å². The molecule has 0 bridgehead atoms. The first-order valence-electron chi connectivity index (χ1n) is 4.51. The summed E-state index contributed by atoms with van der Waals surface area (Å²) in [6, 6.07) is 2.74. The lowest BCUT2D eigenvalue weighted by atomic mass is 10.3. The Hall–Kier alpha value is -0.130. The highest BCUT2D eigenvalue weighted by atomic mass is 79.9. The average molecular weight is 291 g/mol. The summed E-state index contributed by atoms with van der Waals surface area (Å²) in [5.41, 5.74) is 1.27. The molecule has 1 fully saturated rings. The van der Waals surface area contributed by atoms with Gasteiger partial charge in [-0.3, -0.25) is 0 Å². The van der Waals surface area contributed by atoms with Crippen LogP contribution in [0.3, 0.4) is 0 Å². The quantitative estimate of drug-likeness (QED) is 0.837. The highest BCUT2D eigenvalue weighted by molar-refractivity contribution is 9.11. The number of hydrogen-bond acceptors (Lipinski definition) is 2. The third-order valence-electron chi connectivity index (χ3n) is 1.99. The minimum absolute atomic E-state index is 0.629. The van der Waals surface area contributed by atoms with Gasteiger partial charge in [-0.2, -0.15) is 0 Å². The molecule has 0 aliphatic heterocycles. The molecule has 0 atom stereocenters. The minimum Gasteiger partial charge on any atom is -0.360 e. The highest BCUT2D eigenvalue weighted by Gasteiger charge is 2.21. The monoisotopic (exact) mass is 290 g/mol. The lowest BCUT2D eigenvalue weighted by Crippen LogP contribution is -2.35. The maximum Gasteiger partial charge on any atom is 0.166 e. The molecule has 0 spiro atoms. The van der Waals surface area contributed by atoms with Crippen LogP contribution in [0.4, 0.5) is 0 Å². The zero-order valence-corrected chi connectivity index (χ0v) is 10.8. The van der Waals surface area contributed by atoms with Crippen LogP contribution in [-0.2, 0) is 6.54 Å². The summed E-state index contributed by atoms with van der Waals surface area (Å²) in [4.78, 5) is 0. The van der Waals surface area contributed by atoms with Gasteiger partial charge in [0.25, 0.3) is 0 Å². The fourth-order valence-corrected chi connectivity index (χ4v) is 2.53. The van der Waals surface area contributed by atoms with Crippen molar-refractivity contribution in [3.05, 3.63) is 20.8 Å². The molecule has 2 rings (SSSR count). The Morgan fingerprint density at radius 3 is 3.00 bits per heavy atom. The zero-order chi connectivity index (χ0) is 9.97. The van der Waals surface area contributed by atoms with Crippen molar-refractivity contribution in [3.8, 4) is 0 Å². The fraction of sp³-hybridized carbons (Fsp3) is 0.444. The SMILES string of the molecule is S=C(NCc1csc(Br)c1)NC1CC1. The number of thiocarbonyl (C=S) groups is 1. The van der Waals surface area contributed by atoms with Gasteiger partial charge in [-0.25, -0.2) is 0 Å². The third-order valence-corrected chi connectivity index (χ3v) is 3.80. The van der Waals surface area contributed by atoms with Crippen LogP contribution in [0.5, 0.6) is 0 Å². The van der Waals surface area contributed by atoms with E-state index in [-0.39, 0.29) is 0 Å². The van der Waals surface area contributed by atoms with Gasteiger partial charge in [-0.05, 0) is 58.0 Å². The second-order valence-corrected chi connectivity index (χ2v) is 6.06. The van der Waals surface area contributed by atoms with Gasteiger partial charge in [0, 0.05) is 12.6 Å². The summed E-state index contributed by atoms with van der Waals surface area (Å²) < 4.78 is 1.16. The number of halogens is 1.